The smallest absolute Gasteiger partial charge is 0.256 e. The van der Waals surface area contributed by atoms with E-state index in [2.05, 4.69) is 20.8 Å². The number of carbonyl (C=O) groups is 1. The van der Waals surface area contributed by atoms with E-state index in [1.54, 1.807) is 11.0 Å². The van der Waals surface area contributed by atoms with Gasteiger partial charge in [-0.05, 0) is 18.2 Å². The molecular formula is C13H16BrFN2O2. The third-order valence-electron chi connectivity index (χ3n) is 3.23. The molecule has 1 fully saturated rings. The van der Waals surface area contributed by atoms with Crippen LogP contribution in [0.15, 0.2) is 22.7 Å². The molecule has 19 heavy (non-hydrogen) atoms. The topological polar surface area (TPSA) is 43.8 Å². The molecule has 0 saturated carbocycles. The lowest BCUT2D eigenvalue weighted by atomic mass is 10.1. The van der Waals surface area contributed by atoms with E-state index in [0.29, 0.717) is 37.2 Å². The fourth-order valence-corrected chi connectivity index (χ4v) is 2.51. The number of benzene rings is 1. The van der Waals surface area contributed by atoms with Crippen LogP contribution in [-0.2, 0) is 0 Å². The number of rotatable bonds is 3. The largest absolute Gasteiger partial charge is 0.395 e. The van der Waals surface area contributed by atoms with Crippen molar-refractivity contribution in [1.82, 2.24) is 9.80 Å². The number of β-amino-alcohol motifs (C(OH)–C–C–N with tert-alkyl or cyclic N) is 1. The highest BCUT2D eigenvalue weighted by Crippen LogP contribution is 2.18. The highest BCUT2D eigenvalue weighted by Gasteiger charge is 2.23. The van der Waals surface area contributed by atoms with Crippen molar-refractivity contribution in [2.24, 2.45) is 0 Å². The second-order valence-electron chi connectivity index (χ2n) is 4.48. The van der Waals surface area contributed by atoms with E-state index >= 15 is 0 Å². The van der Waals surface area contributed by atoms with Crippen molar-refractivity contribution in [3.05, 3.63) is 34.1 Å². The molecule has 1 aliphatic heterocycles. The van der Waals surface area contributed by atoms with Crippen molar-refractivity contribution < 1.29 is 14.3 Å². The van der Waals surface area contributed by atoms with Crippen molar-refractivity contribution in [3.8, 4) is 0 Å². The Balaban J connectivity index is 2.03. The molecule has 6 heteroatoms. The minimum Gasteiger partial charge on any atom is -0.395 e. The molecule has 0 aliphatic carbocycles. The van der Waals surface area contributed by atoms with Crippen molar-refractivity contribution in [2.75, 3.05) is 39.3 Å². The first-order valence-corrected chi connectivity index (χ1v) is 6.98. The predicted octanol–water partition coefficient (Wildman–Crippen LogP) is 1.34. The summed E-state index contributed by atoms with van der Waals surface area (Å²) < 4.78 is 14.4. The van der Waals surface area contributed by atoms with Crippen LogP contribution in [0.4, 0.5) is 4.39 Å². The highest BCUT2D eigenvalue weighted by atomic mass is 79.9. The van der Waals surface area contributed by atoms with E-state index in [4.69, 9.17) is 5.11 Å². The summed E-state index contributed by atoms with van der Waals surface area (Å²) in [5.41, 5.74) is 0.102. The van der Waals surface area contributed by atoms with Gasteiger partial charge < -0.3 is 10.0 Å². The van der Waals surface area contributed by atoms with Crippen LogP contribution in [-0.4, -0.2) is 60.1 Å². The number of amides is 1. The second kappa shape index (κ2) is 6.45. The Labute approximate surface area is 119 Å². The first-order chi connectivity index (χ1) is 9.11. The van der Waals surface area contributed by atoms with Gasteiger partial charge in [0.15, 0.2) is 0 Å². The first-order valence-electron chi connectivity index (χ1n) is 6.19. The Bertz CT molecular complexity index is 462. The van der Waals surface area contributed by atoms with Crippen molar-refractivity contribution in [1.29, 1.82) is 0 Å². The van der Waals surface area contributed by atoms with E-state index in [-0.39, 0.29) is 18.1 Å². The molecule has 1 aromatic rings. The number of hydrogen-bond acceptors (Lipinski definition) is 3. The number of carbonyl (C=O) groups excluding carboxylic acids is 1. The van der Waals surface area contributed by atoms with E-state index in [1.165, 1.54) is 12.1 Å². The van der Waals surface area contributed by atoms with Crippen molar-refractivity contribution in [3.63, 3.8) is 0 Å². The minimum atomic E-state index is -0.494. The van der Waals surface area contributed by atoms with Crippen molar-refractivity contribution in [2.45, 2.75) is 0 Å². The molecule has 1 heterocycles. The quantitative estimate of drug-likeness (QED) is 0.909. The van der Waals surface area contributed by atoms with Gasteiger partial charge in [-0.2, -0.15) is 0 Å². The Morgan fingerprint density at radius 3 is 2.63 bits per heavy atom. The number of piperazine rings is 1. The van der Waals surface area contributed by atoms with Gasteiger partial charge in [0.2, 0.25) is 0 Å². The zero-order valence-corrected chi connectivity index (χ0v) is 12.1. The Morgan fingerprint density at radius 2 is 2.00 bits per heavy atom. The van der Waals surface area contributed by atoms with Crippen LogP contribution in [0.2, 0.25) is 0 Å². The van der Waals surface area contributed by atoms with Gasteiger partial charge in [0.25, 0.3) is 5.91 Å². The van der Waals surface area contributed by atoms with Gasteiger partial charge in [-0.25, -0.2) is 4.39 Å². The van der Waals surface area contributed by atoms with Gasteiger partial charge in [0, 0.05) is 37.2 Å². The molecule has 0 unspecified atom stereocenters. The average Bonchev–Trinajstić information content (AvgIpc) is 2.42. The molecule has 0 atom stereocenters. The zero-order valence-electron chi connectivity index (χ0n) is 10.5. The maximum Gasteiger partial charge on any atom is 0.256 e. The summed E-state index contributed by atoms with van der Waals surface area (Å²) in [6, 6.07) is 4.38. The van der Waals surface area contributed by atoms with Gasteiger partial charge in [0.05, 0.1) is 12.2 Å². The lowest BCUT2D eigenvalue weighted by Gasteiger charge is -2.34. The molecule has 0 bridgehead atoms. The predicted molar refractivity (Wildman–Crippen MR) is 73.5 cm³/mol. The Morgan fingerprint density at radius 1 is 1.32 bits per heavy atom. The summed E-state index contributed by atoms with van der Waals surface area (Å²) >= 11 is 3.25. The number of halogens is 2. The van der Waals surface area contributed by atoms with Crippen LogP contribution in [0.1, 0.15) is 10.4 Å². The normalized spacial score (nSPS) is 16.7. The van der Waals surface area contributed by atoms with Crippen molar-refractivity contribution >= 4 is 21.8 Å². The maximum absolute atomic E-state index is 13.7. The van der Waals surface area contributed by atoms with E-state index < -0.39 is 5.82 Å². The van der Waals surface area contributed by atoms with Gasteiger partial charge in [-0.3, -0.25) is 9.69 Å². The molecule has 0 aromatic heterocycles. The molecular weight excluding hydrogens is 315 g/mol. The molecule has 4 nitrogen and oxygen atoms in total. The molecule has 2 rings (SSSR count). The van der Waals surface area contributed by atoms with Gasteiger partial charge >= 0.3 is 0 Å². The average molecular weight is 331 g/mol. The van der Waals surface area contributed by atoms with E-state index in [0.717, 1.165) is 0 Å². The van der Waals surface area contributed by atoms with E-state index in [1.807, 2.05) is 0 Å². The minimum absolute atomic E-state index is 0.102. The lowest BCUT2D eigenvalue weighted by Crippen LogP contribution is -2.49. The molecule has 0 radical (unpaired) electrons. The second-order valence-corrected chi connectivity index (χ2v) is 5.40. The first kappa shape index (κ1) is 14.4. The number of nitrogens with zero attached hydrogens (tertiary/aromatic N) is 2. The fourth-order valence-electron chi connectivity index (χ4n) is 2.15. The molecule has 1 N–H and O–H groups in total. The number of hydrogen-bond donors (Lipinski definition) is 1. The summed E-state index contributed by atoms with van der Waals surface area (Å²) in [4.78, 5) is 16.0. The Hall–Kier alpha value is -0.980. The lowest BCUT2D eigenvalue weighted by molar-refractivity contribution is 0.0610. The SMILES string of the molecule is O=C(c1cc(Br)ccc1F)N1CCN(CCO)CC1. The van der Waals surface area contributed by atoms with Crippen LogP contribution >= 0.6 is 15.9 Å². The van der Waals surface area contributed by atoms with Crippen LogP contribution in [0.3, 0.4) is 0 Å². The van der Waals surface area contributed by atoms with Gasteiger partial charge in [-0.1, -0.05) is 15.9 Å². The third kappa shape index (κ3) is 3.52. The summed E-state index contributed by atoms with van der Waals surface area (Å²) in [7, 11) is 0. The van der Waals surface area contributed by atoms with Gasteiger partial charge in [0.1, 0.15) is 5.82 Å². The standard InChI is InChI=1S/C13H16BrFN2O2/c14-10-1-2-12(15)11(9-10)13(19)17-5-3-16(4-6-17)7-8-18/h1-2,9,18H,3-8H2. The molecule has 0 spiro atoms. The molecule has 1 aliphatic rings. The van der Waals surface area contributed by atoms with Crippen LogP contribution in [0.5, 0.6) is 0 Å². The van der Waals surface area contributed by atoms with Gasteiger partial charge in [-0.15, -0.1) is 0 Å². The summed E-state index contributed by atoms with van der Waals surface area (Å²) in [5.74, 6) is -0.770. The molecule has 1 amide bonds. The van der Waals surface area contributed by atoms with Crippen LogP contribution < -0.4 is 0 Å². The van der Waals surface area contributed by atoms with Crippen LogP contribution in [0.25, 0.3) is 0 Å². The number of aliphatic hydroxyl groups is 1. The zero-order chi connectivity index (χ0) is 13.8. The van der Waals surface area contributed by atoms with E-state index in [9.17, 15) is 9.18 Å². The maximum atomic E-state index is 13.7. The van der Waals surface area contributed by atoms with Crippen LogP contribution in [0, 0.1) is 5.82 Å². The highest BCUT2D eigenvalue weighted by molar-refractivity contribution is 9.10. The summed E-state index contributed by atoms with van der Waals surface area (Å²) in [6.07, 6.45) is 0. The fraction of sp³-hybridized carbons (Fsp3) is 0.462. The molecule has 1 aromatic carbocycles. The summed E-state index contributed by atoms with van der Waals surface area (Å²) in [5, 5.41) is 8.86. The number of aliphatic hydroxyl groups excluding tert-OH is 1. The monoisotopic (exact) mass is 330 g/mol. The third-order valence-corrected chi connectivity index (χ3v) is 3.73. The Kier molecular flexibility index (Phi) is 4.90. The summed E-state index contributed by atoms with van der Waals surface area (Å²) in [6.45, 7) is 3.28. The molecule has 104 valence electrons. The molecule has 1 saturated heterocycles.